The lowest BCUT2D eigenvalue weighted by molar-refractivity contribution is 0.135. The normalized spacial score (nSPS) is 35.9. The van der Waals surface area contributed by atoms with Crippen LogP contribution in [0.25, 0.3) is 0 Å². The van der Waals surface area contributed by atoms with Gasteiger partial charge < -0.3 is 15.1 Å². The molecule has 3 heteroatoms. The van der Waals surface area contributed by atoms with Gasteiger partial charge in [0, 0.05) is 13.1 Å². The Labute approximate surface area is 60.6 Å². The molecular formula is C7H13NO2. The van der Waals surface area contributed by atoms with E-state index < -0.39 is 12.2 Å². The standard InChI is InChI=1S/C7H13NO2/c1-8-4-6(9)2-3-7(10)5-8/h2-3,6-7,9-10H,4-5H2,1H3/t6-,7-/m1/s1. The van der Waals surface area contributed by atoms with Crippen molar-refractivity contribution in [3.05, 3.63) is 12.2 Å². The minimum Gasteiger partial charge on any atom is -0.388 e. The fourth-order valence-electron chi connectivity index (χ4n) is 1.09. The average molecular weight is 143 g/mol. The van der Waals surface area contributed by atoms with Crippen LogP contribution < -0.4 is 0 Å². The highest BCUT2D eigenvalue weighted by molar-refractivity contribution is 4.98. The number of nitrogens with zero attached hydrogens (tertiary/aromatic N) is 1. The van der Waals surface area contributed by atoms with Gasteiger partial charge in [0.05, 0.1) is 12.2 Å². The minimum atomic E-state index is -0.429. The van der Waals surface area contributed by atoms with E-state index in [2.05, 4.69) is 0 Å². The van der Waals surface area contributed by atoms with Crippen LogP contribution in [-0.2, 0) is 0 Å². The zero-order valence-corrected chi connectivity index (χ0v) is 6.07. The molecule has 0 fully saturated rings. The zero-order valence-electron chi connectivity index (χ0n) is 6.07. The van der Waals surface area contributed by atoms with Crippen LogP contribution >= 0.6 is 0 Å². The van der Waals surface area contributed by atoms with Crippen molar-refractivity contribution >= 4 is 0 Å². The summed E-state index contributed by atoms with van der Waals surface area (Å²) in [4.78, 5) is 1.90. The molecular weight excluding hydrogens is 130 g/mol. The quantitative estimate of drug-likeness (QED) is 0.437. The van der Waals surface area contributed by atoms with Crippen molar-refractivity contribution in [3.8, 4) is 0 Å². The summed E-state index contributed by atoms with van der Waals surface area (Å²) in [5.74, 6) is 0. The molecule has 0 bridgehead atoms. The van der Waals surface area contributed by atoms with Crippen LogP contribution in [-0.4, -0.2) is 47.5 Å². The molecule has 0 aromatic rings. The Morgan fingerprint density at radius 1 is 1.20 bits per heavy atom. The first-order valence-electron chi connectivity index (χ1n) is 3.41. The van der Waals surface area contributed by atoms with Crippen molar-refractivity contribution in [1.29, 1.82) is 0 Å². The number of rotatable bonds is 0. The maximum atomic E-state index is 9.14. The minimum absolute atomic E-state index is 0.429. The Balaban J connectivity index is 2.51. The predicted molar refractivity (Wildman–Crippen MR) is 38.7 cm³/mol. The molecule has 58 valence electrons. The Morgan fingerprint density at radius 3 is 2.00 bits per heavy atom. The third-order valence-corrected chi connectivity index (χ3v) is 1.55. The number of hydrogen-bond donors (Lipinski definition) is 2. The van der Waals surface area contributed by atoms with Gasteiger partial charge in [-0.15, -0.1) is 0 Å². The molecule has 1 rings (SSSR count). The lowest BCUT2D eigenvalue weighted by atomic mass is 10.3. The summed E-state index contributed by atoms with van der Waals surface area (Å²) in [7, 11) is 1.87. The Kier molecular flexibility index (Phi) is 2.43. The molecule has 3 nitrogen and oxygen atoms in total. The lowest BCUT2D eigenvalue weighted by Gasteiger charge is -2.16. The number of aliphatic hydroxyl groups excluding tert-OH is 2. The molecule has 0 saturated heterocycles. The van der Waals surface area contributed by atoms with E-state index in [0.29, 0.717) is 13.1 Å². The third kappa shape index (κ3) is 2.10. The summed E-state index contributed by atoms with van der Waals surface area (Å²) in [5.41, 5.74) is 0. The zero-order chi connectivity index (χ0) is 7.56. The van der Waals surface area contributed by atoms with Crippen LogP contribution in [0, 0.1) is 0 Å². The van der Waals surface area contributed by atoms with E-state index in [0.717, 1.165) is 0 Å². The van der Waals surface area contributed by atoms with E-state index >= 15 is 0 Å². The topological polar surface area (TPSA) is 43.7 Å². The van der Waals surface area contributed by atoms with Crippen molar-refractivity contribution in [2.45, 2.75) is 12.2 Å². The van der Waals surface area contributed by atoms with E-state index in [1.807, 2.05) is 11.9 Å². The molecule has 0 spiro atoms. The van der Waals surface area contributed by atoms with Gasteiger partial charge in [-0.1, -0.05) is 12.2 Å². The highest BCUT2D eigenvalue weighted by atomic mass is 16.3. The summed E-state index contributed by atoms with van der Waals surface area (Å²) < 4.78 is 0. The fourth-order valence-corrected chi connectivity index (χ4v) is 1.09. The second kappa shape index (κ2) is 3.14. The van der Waals surface area contributed by atoms with Crippen LogP contribution in [0.3, 0.4) is 0 Å². The van der Waals surface area contributed by atoms with E-state index in [-0.39, 0.29) is 0 Å². The molecule has 1 aliphatic heterocycles. The molecule has 0 aromatic carbocycles. The fraction of sp³-hybridized carbons (Fsp3) is 0.714. The molecule has 0 unspecified atom stereocenters. The van der Waals surface area contributed by atoms with Gasteiger partial charge in [0.15, 0.2) is 0 Å². The summed E-state index contributed by atoms with van der Waals surface area (Å²) in [6.07, 6.45) is 2.41. The van der Waals surface area contributed by atoms with Crippen LogP contribution in [0.2, 0.25) is 0 Å². The molecule has 0 radical (unpaired) electrons. The summed E-state index contributed by atoms with van der Waals surface area (Å²) in [6.45, 7) is 1.21. The summed E-state index contributed by atoms with van der Waals surface area (Å²) in [5, 5.41) is 18.3. The maximum Gasteiger partial charge on any atom is 0.0848 e. The van der Waals surface area contributed by atoms with E-state index in [1.54, 1.807) is 12.2 Å². The number of likely N-dealkylation sites (N-methyl/N-ethyl adjacent to an activating group) is 1. The van der Waals surface area contributed by atoms with Crippen molar-refractivity contribution in [2.75, 3.05) is 20.1 Å². The van der Waals surface area contributed by atoms with E-state index in [4.69, 9.17) is 10.2 Å². The smallest absolute Gasteiger partial charge is 0.0848 e. The van der Waals surface area contributed by atoms with Gasteiger partial charge in [-0.05, 0) is 7.05 Å². The average Bonchev–Trinajstić information content (AvgIpc) is 1.93. The second-order valence-electron chi connectivity index (χ2n) is 2.74. The van der Waals surface area contributed by atoms with Gasteiger partial charge in [-0.3, -0.25) is 0 Å². The van der Waals surface area contributed by atoms with Gasteiger partial charge in [0.25, 0.3) is 0 Å². The van der Waals surface area contributed by atoms with Crippen LogP contribution in [0.5, 0.6) is 0 Å². The van der Waals surface area contributed by atoms with Crippen LogP contribution in [0.4, 0.5) is 0 Å². The van der Waals surface area contributed by atoms with Crippen LogP contribution in [0.15, 0.2) is 12.2 Å². The maximum absolute atomic E-state index is 9.14. The highest BCUT2D eigenvalue weighted by Crippen LogP contribution is 2.00. The molecule has 1 heterocycles. The Morgan fingerprint density at radius 2 is 1.60 bits per heavy atom. The molecule has 0 saturated carbocycles. The largest absolute Gasteiger partial charge is 0.388 e. The van der Waals surface area contributed by atoms with Gasteiger partial charge >= 0.3 is 0 Å². The van der Waals surface area contributed by atoms with Crippen molar-refractivity contribution in [2.24, 2.45) is 0 Å². The summed E-state index contributed by atoms with van der Waals surface area (Å²) >= 11 is 0. The van der Waals surface area contributed by atoms with Crippen LogP contribution in [0.1, 0.15) is 0 Å². The first-order valence-corrected chi connectivity index (χ1v) is 3.41. The van der Waals surface area contributed by atoms with Crippen molar-refractivity contribution < 1.29 is 10.2 Å². The molecule has 0 aliphatic carbocycles. The molecule has 0 aromatic heterocycles. The van der Waals surface area contributed by atoms with Gasteiger partial charge in [-0.2, -0.15) is 0 Å². The van der Waals surface area contributed by atoms with E-state index in [9.17, 15) is 0 Å². The number of aliphatic hydroxyl groups is 2. The summed E-state index contributed by atoms with van der Waals surface area (Å²) in [6, 6.07) is 0. The van der Waals surface area contributed by atoms with E-state index in [1.165, 1.54) is 0 Å². The highest BCUT2D eigenvalue weighted by Gasteiger charge is 2.12. The first-order chi connectivity index (χ1) is 4.68. The predicted octanol–water partition coefficient (Wildman–Crippen LogP) is -0.790. The Hall–Kier alpha value is -0.380. The molecule has 2 atom stereocenters. The SMILES string of the molecule is CN1C[C@H](O)C=C[C@@H](O)C1. The monoisotopic (exact) mass is 143 g/mol. The first kappa shape index (κ1) is 7.72. The molecule has 2 N–H and O–H groups in total. The molecule has 0 amide bonds. The van der Waals surface area contributed by atoms with Gasteiger partial charge in [0.2, 0.25) is 0 Å². The number of β-amino-alcohol motifs (C(OH)–C–C–N with tert-alkyl or cyclic N) is 2. The molecule has 10 heavy (non-hydrogen) atoms. The Bertz CT molecular complexity index is 122. The molecule has 1 aliphatic rings. The van der Waals surface area contributed by atoms with Gasteiger partial charge in [0.1, 0.15) is 0 Å². The number of hydrogen-bond acceptors (Lipinski definition) is 3. The second-order valence-corrected chi connectivity index (χ2v) is 2.74. The third-order valence-electron chi connectivity index (χ3n) is 1.55. The van der Waals surface area contributed by atoms with Crippen molar-refractivity contribution in [1.82, 2.24) is 4.90 Å². The lowest BCUT2D eigenvalue weighted by Crippen LogP contribution is -2.30. The van der Waals surface area contributed by atoms with Gasteiger partial charge in [-0.25, -0.2) is 0 Å². The van der Waals surface area contributed by atoms with Crippen molar-refractivity contribution in [3.63, 3.8) is 0 Å².